The molecule has 0 rings (SSSR count). The molecule has 3 nitrogen and oxygen atoms in total. The lowest BCUT2D eigenvalue weighted by Crippen LogP contribution is -2.23. The topological polar surface area (TPSA) is 38.3 Å². The highest BCUT2D eigenvalue weighted by Crippen LogP contribution is 1.83. The number of carbonyl (C=O) groups is 1. The van der Waals surface area contributed by atoms with Crippen LogP contribution in [0.15, 0.2) is 12.2 Å². The van der Waals surface area contributed by atoms with Gasteiger partial charge in [-0.3, -0.25) is 0 Å². The number of alkyl carbamates (subject to hydrolysis) is 1. The van der Waals surface area contributed by atoms with Crippen molar-refractivity contribution in [3.8, 4) is 0 Å². The Morgan fingerprint density at radius 2 is 2.36 bits per heavy atom. The highest BCUT2D eigenvalue weighted by molar-refractivity contribution is 6.18. The summed E-state index contributed by atoms with van der Waals surface area (Å²) in [7, 11) is 1.34. The first-order valence-corrected chi connectivity index (χ1v) is 3.87. The van der Waals surface area contributed by atoms with Crippen molar-refractivity contribution in [2.45, 2.75) is 6.42 Å². The van der Waals surface area contributed by atoms with Crippen molar-refractivity contribution in [3.05, 3.63) is 12.2 Å². The molecular weight excluding hydrogens is 166 g/mol. The molecule has 0 unspecified atom stereocenters. The van der Waals surface area contributed by atoms with Gasteiger partial charge in [-0.1, -0.05) is 12.2 Å². The van der Waals surface area contributed by atoms with E-state index < -0.39 is 6.09 Å². The van der Waals surface area contributed by atoms with E-state index in [9.17, 15) is 4.79 Å². The molecule has 0 saturated carbocycles. The minimum Gasteiger partial charge on any atom is -0.453 e. The normalized spacial score (nSPS) is 10.0. The van der Waals surface area contributed by atoms with E-state index in [-0.39, 0.29) is 0 Å². The number of hydrogen-bond donors (Lipinski definition) is 1. The lowest BCUT2D eigenvalue weighted by Gasteiger charge is -1.99. The first-order chi connectivity index (χ1) is 5.31. The monoisotopic (exact) mass is 177 g/mol. The average molecular weight is 178 g/mol. The summed E-state index contributed by atoms with van der Waals surface area (Å²) in [6.07, 6.45) is 4.12. The summed E-state index contributed by atoms with van der Waals surface area (Å²) in [5, 5.41) is 2.54. The average Bonchev–Trinajstić information content (AvgIpc) is 2.04. The van der Waals surface area contributed by atoms with Crippen LogP contribution in [-0.4, -0.2) is 25.6 Å². The van der Waals surface area contributed by atoms with Crippen LogP contribution in [0.5, 0.6) is 0 Å². The van der Waals surface area contributed by atoms with Crippen molar-refractivity contribution < 1.29 is 9.53 Å². The van der Waals surface area contributed by atoms with Gasteiger partial charge in [0.15, 0.2) is 0 Å². The number of alkyl halides is 1. The van der Waals surface area contributed by atoms with Crippen LogP contribution in [0.1, 0.15) is 6.42 Å². The lowest BCUT2D eigenvalue weighted by molar-refractivity contribution is 0.171. The molecule has 0 aliphatic heterocycles. The van der Waals surface area contributed by atoms with Gasteiger partial charge < -0.3 is 10.1 Å². The van der Waals surface area contributed by atoms with Crippen LogP contribution >= 0.6 is 11.6 Å². The maximum atomic E-state index is 10.5. The third-order valence-corrected chi connectivity index (χ3v) is 1.20. The maximum absolute atomic E-state index is 10.5. The van der Waals surface area contributed by atoms with E-state index in [4.69, 9.17) is 11.6 Å². The van der Waals surface area contributed by atoms with Gasteiger partial charge in [0.1, 0.15) is 0 Å². The van der Waals surface area contributed by atoms with Crippen LogP contribution < -0.4 is 5.32 Å². The van der Waals surface area contributed by atoms with Gasteiger partial charge in [0.2, 0.25) is 0 Å². The molecule has 1 amide bonds. The molecule has 11 heavy (non-hydrogen) atoms. The highest BCUT2D eigenvalue weighted by Gasteiger charge is 1.93. The van der Waals surface area contributed by atoms with Gasteiger partial charge in [-0.05, 0) is 6.42 Å². The molecule has 0 aliphatic carbocycles. The Labute approximate surface area is 71.4 Å². The Morgan fingerprint density at radius 1 is 1.64 bits per heavy atom. The first kappa shape index (κ1) is 10.3. The van der Waals surface area contributed by atoms with Gasteiger partial charge in [0.05, 0.1) is 7.11 Å². The molecule has 0 bridgehead atoms. The SMILES string of the molecule is COC(=O)NCCC=CCCl. The molecule has 0 aromatic rings. The number of hydrogen-bond acceptors (Lipinski definition) is 2. The smallest absolute Gasteiger partial charge is 0.406 e. The number of amides is 1. The van der Waals surface area contributed by atoms with Crippen LogP contribution in [0, 0.1) is 0 Å². The molecule has 0 saturated heterocycles. The summed E-state index contributed by atoms with van der Waals surface area (Å²) in [6.45, 7) is 0.583. The number of ether oxygens (including phenoxy) is 1. The van der Waals surface area contributed by atoms with Gasteiger partial charge in [0, 0.05) is 12.4 Å². The summed E-state index contributed by atoms with van der Waals surface area (Å²) in [6, 6.07) is 0. The number of allylic oxidation sites excluding steroid dienone is 1. The van der Waals surface area contributed by atoms with E-state index in [2.05, 4.69) is 10.1 Å². The van der Waals surface area contributed by atoms with E-state index in [1.165, 1.54) is 7.11 Å². The van der Waals surface area contributed by atoms with Crippen LogP contribution in [0.4, 0.5) is 4.79 Å². The van der Waals surface area contributed by atoms with Crippen LogP contribution in [0.25, 0.3) is 0 Å². The van der Waals surface area contributed by atoms with Crippen LogP contribution in [0.3, 0.4) is 0 Å². The maximum Gasteiger partial charge on any atom is 0.406 e. The Kier molecular flexibility index (Phi) is 6.94. The fraction of sp³-hybridized carbons (Fsp3) is 0.571. The zero-order valence-electron chi connectivity index (χ0n) is 6.47. The Bertz CT molecular complexity index is 136. The number of rotatable bonds is 4. The van der Waals surface area contributed by atoms with E-state index in [1.807, 2.05) is 12.2 Å². The second-order valence-electron chi connectivity index (χ2n) is 1.83. The van der Waals surface area contributed by atoms with E-state index >= 15 is 0 Å². The quantitative estimate of drug-likeness (QED) is 0.402. The number of nitrogens with one attached hydrogen (secondary N) is 1. The number of carbonyl (C=O) groups excluding carboxylic acids is 1. The Balaban J connectivity index is 3.14. The van der Waals surface area contributed by atoms with Gasteiger partial charge in [-0.25, -0.2) is 4.79 Å². The Morgan fingerprint density at radius 3 is 2.91 bits per heavy atom. The molecule has 0 heterocycles. The minimum atomic E-state index is -0.399. The molecule has 0 aromatic carbocycles. The largest absolute Gasteiger partial charge is 0.453 e. The second-order valence-corrected chi connectivity index (χ2v) is 2.14. The second kappa shape index (κ2) is 7.41. The Hall–Kier alpha value is -0.700. The van der Waals surface area contributed by atoms with E-state index in [1.54, 1.807) is 0 Å². The van der Waals surface area contributed by atoms with Crippen molar-refractivity contribution >= 4 is 17.7 Å². The molecule has 0 aliphatic rings. The van der Waals surface area contributed by atoms with Crippen molar-refractivity contribution in [2.75, 3.05) is 19.5 Å². The predicted molar refractivity (Wildman–Crippen MR) is 44.9 cm³/mol. The zero-order chi connectivity index (χ0) is 8.53. The fourth-order valence-electron chi connectivity index (χ4n) is 0.511. The standard InChI is InChI=1S/C7H12ClNO2/c1-11-7(10)9-6-4-2-3-5-8/h2-3H,4-6H2,1H3,(H,9,10). The van der Waals surface area contributed by atoms with Gasteiger partial charge >= 0.3 is 6.09 Å². The lowest BCUT2D eigenvalue weighted by atomic mass is 10.4. The van der Waals surface area contributed by atoms with Crippen LogP contribution in [-0.2, 0) is 4.74 Å². The summed E-state index contributed by atoms with van der Waals surface area (Å²) in [4.78, 5) is 10.5. The van der Waals surface area contributed by atoms with Crippen molar-refractivity contribution in [1.29, 1.82) is 0 Å². The molecule has 64 valence electrons. The van der Waals surface area contributed by atoms with Crippen molar-refractivity contribution in [1.82, 2.24) is 5.32 Å². The van der Waals surface area contributed by atoms with Crippen molar-refractivity contribution in [3.63, 3.8) is 0 Å². The van der Waals surface area contributed by atoms with Crippen molar-refractivity contribution in [2.24, 2.45) is 0 Å². The minimum absolute atomic E-state index is 0.399. The molecule has 4 heteroatoms. The molecule has 0 spiro atoms. The molecule has 0 fully saturated rings. The van der Waals surface area contributed by atoms with Gasteiger partial charge in [0.25, 0.3) is 0 Å². The number of halogens is 1. The van der Waals surface area contributed by atoms with Gasteiger partial charge in [-0.15, -0.1) is 11.6 Å². The van der Waals surface area contributed by atoms with Crippen LogP contribution in [0.2, 0.25) is 0 Å². The molecule has 0 aromatic heterocycles. The molecule has 0 radical (unpaired) electrons. The summed E-state index contributed by atoms with van der Waals surface area (Å²) in [5.74, 6) is 0.512. The summed E-state index contributed by atoms with van der Waals surface area (Å²) >= 11 is 5.37. The zero-order valence-corrected chi connectivity index (χ0v) is 7.23. The molecule has 1 N–H and O–H groups in total. The van der Waals surface area contributed by atoms with E-state index in [0.717, 1.165) is 6.42 Å². The molecular formula is C7H12ClNO2. The predicted octanol–water partition coefficient (Wildman–Crippen LogP) is 1.53. The fourth-order valence-corrected chi connectivity index (χ4v) is 0.637. The molecule has 0 atom stereocenters. The van der Waals surface area contributed by atoms with E-state index in [0.29, 0.717) is 12.4 Å². The summed E-state index contributed by atoms with van der Waals surface area (Å²) in [5.41, 5.74) is 0. The van der Waals surface area contributed by atoms with Gasteiger partial charge in [-0.2, -0.15) is 0 Å². The third-order valence-electron chi connectivity index (χ3n) is 1.02. The number of methoxy groups -OCH3 is 1. The highest BCUT2D eigenvalue weighted by atomic mass is 35.5. The summed E-state index contributed by atoms with van der Waals surface area (Å²) < 4.78 is 4.36. The first-order valence-electron chi connectivity index (χ1n) is 3.34. The third kappa shape index (κ3) is 7.19.